The number of hydrogen-bond acceptors (Lipinski definition) is 3. The van der Waals surface area contributed by atoms with E-state index >= 15 is 4.39 Å². The van der Waals surface area contributed by atoms with Crippen LogP contribution in [-0.2, 0) is 29.0 Å². The summed E-state index contributed by atoms with van der Waals surface area (Å²) in [6.07, 6.45) is 2.28. The first-order valence-electron chi connectivity index (χ1n) is 13.9. The second-order valence-corrected chi connectivity index (χ2v) is 10.2. The van der Waals surface area contributed by atoms with E-state index < -0.39 is 17.8 Å². The molecule has 0 aliphatic carbocycles. The Morgan fingerprint density at radius 2 is 1.60 bits per heavy atom. The Hall–Kier alpha value is -4.64. The number of aromatic nitrogens is 1. The van der Waals surface area contributed by atoms with Crippen molar-refractivity contribution in [2.45, 2.75) is 58.9 Å². The van der Waals surface area contributed by atoms with E-state index in [2.05, 4.69) is 11.8 Å². The first kappa shape index (κ1) is 30.3. The highest BCUT2D eigenvalue weighted by Crippen LogP contribution is 2.32. The molecule has 0 aliphatic rings. The SMILES string of the molecule is Cc1c(F)cccc1CCCCOc1ccc(C#Cc2ccc(F)c3c(CCC(=O)O)c(C)n(CCC(=O)O)c23)cc1. The number of carboxylic acids is 2. The zero-order valence-corrected chi connectivity index (χ0v) is 23.7. The lowest BCUT2D eigenvalue weighted by molar-refractivity contribution is -0.138. The van der Waals surface area contributed by atoms with Crippen LogP contribution in [0.25, 0.3) is 10.9 Å². The summed E-state index contributed by atoms with van der Waals surface area (Å²) in [5.74, 6) is 4.23. The number of aliphatic carboxylic acids is 2. The fourth-order valence-electron chi connectivity index (χ4n) is 5.08. The lowest BCUT2D eigenvalue weighted by atomic mass is 10.0. The van der Waals surface area contributed by atoms with E-state index in [0.717, 1.165) is 24.8 Å². The molecule has 4 aromatic rings. The van der Waals surface area contributed by atoms with Gasteiger partial charge in [-0.15, -0.1) is 0 Å². The minimum absolute atomic E-state index is 0.108. The number of ether oxygens (including phenoxy) is 1. The van der Waals surface area contributed by atoms with Crippen LogP contribution >= 0.6 is 0 Å². The Balaban J connectivity index is 1.48. The van der Waals surface area contributed by atoms with Gasteiger partial charge in [0.1, 0.15) is 17.4 Å². The van der Waals surface area contributed by atoms with Crippen molar-refractivity contribution >= 4 is 22.8 Å². The van der Waals surface area contributed by atoms with E-state index in [9.17, 15) is 24.2 Å². The molecule has 8 heteroatoms. The van der Waals surface area contributed by atoms with Crippen LogP contribution in [-0.4, -0.2) is 33.3 Å². The molecule has 0 atom stereocenters. The summed E-state index contributed by atoms with van der Waals surface area (Å²) < 4.78 is 36.3. The second-order valence-electron chi connectivity index (χ2n) is 10.2. The van der Waals surface area contributed by atoms with Gasteiger partial charge in [0.15, 0.2) is 0 Å². The van der Waals surface area contributed by atoms with Crippen LogP contribution in [0.4, 0.5) is 8.78 Å². The summed E-state index contributed by atoms with van der Waals surface area (Å²) in [6.45, 7) is 4.18. The number of halogens is 2. The molecule has 3 aromatic carbocycles. The topological polar surface area (TPSA) is 88.8 Å². The Morgan fingerprint density at radius 3 is 2.31 bits per heavy atom. The van der Waals surface area contributed by atoms with Gasteiger partial charge in [0.05, 0.1) is 18.5 Å². The molecule has 0 saturated carbocycles. The van der Waals surface area contributed by atoms with E-state index in [1.807, 2.05) is 30.3 Å². The van der Waals surface area contributed by atoms with Gasteiger partial charge in [0.2, 0.25) is 0 Å². The predicted octanol–water partition coefficient (Wildman–Crippen LogP) is 6.83. The Kier molecular flexibility index (Phi) is 9.98. The maximum Gasteiger partial charge on any atom is 0.305 e. The first-order chi connectivity index (χ1) is 20.2. The third-order valence-corrected chi connectivity index (χ3v) is 7.36. The molecule has 1 aromatic heterocycles. The quantitative estimate of drug-likeness (QED) is 0.143. The molecule has 0 unspecified atom stereocenters. The van der Waals surface area contributed by atoms with Crippen molar-refractivity contribution in [1.29, 1.82) is 0 Å². The Morgan fingerprint density at radius 1 is 0.857 bits per heavy atom. The number of nitrogens with zero attached hydrogens (tertiary/aromatic N) is 1. The van der Waals surface area contributed by atoms with Crippen molar-refractivity contribution in [3.63, 3.8) is 0 Å². The molecule has 218 valence electrons. The summed E-state index contributed by atoms with van der Waals surface area (Å²) in [5.41, 5.74) is 4.59. The molecule has 0 radical (unpaired) electrons. The molecule has 1 heterocycles. The molecule has 0 amide bonds. The van der Waals surface area contributed by atoms with Crippen LogP contribution in [0.2, 0.25) is 0 Å². The molecule has 4 rings (SSSR count). The lowest BCUT2D eigenvalue weighted by Gasteiger charge is -2.08. The summed E-state index contributed by atoms with van der Waals surface area (Å²) in [7, 11) is 0. The highest BCUT2D eigenvalue weighted by Gasteiger charge is 2.21. The zero-order valence-electron chi connectivity index (χ0n) is 23.7. The van der Waals surface area contributed by atoms with Gasteiger partial charge in [0, 0.05) is 35.2 Å². The normalized spacial score (nSPS) is 10.9. The Labute approximate surface area is 243 Å². The first-order valence-corrected chi connectivity index (χ1v) is 13.9. The summed E-state index contributed by atoms with van der Waals surface area (Å²) in [6, 6.07) is 15.3. The Bertz CT molecular complexity index is 1660. The minimum atomic E-state index is -0.997. The fraction of sp³-hybridized carbons (Fsp3) is 0.294. The lowest BCUT2D eigenvalue weighted by Crippen LogP contribution is -2.07. The molecule has 0 bridgehead atoms. The minimum Gasteiger partial charge on any atom is -0.494 e. The second kappa shape index (κ2) is 13.8. The third kappa shape index (κ3) is 7.35. The number of hydrogen-bond donors (Lipinski definition) is 2. The van der Waals surface area contributed by atoms with Crippen LogP contribution in [0.1, 0.15) is 59.2 Å². The maximum atomic E-state index is 15.1. The average Bonchev–Trinajstić information content (AvgIpc) is 3.24. The van der Waals surface area contributed by atoms with Crippen molar-refractivity contribution in [2.75, 3.05) is 6.61 Å². The van der Waals surface area contributed by atoms with E-state index in [4.69, 9.17) is 4.74 Å². The number of benzene rings is 3. The smallest absolute Gasteiger partial charge is 0.305 e. The zero-order chi connectivity index (χ0) is 30.2. The molecule has 6 nitrogen and oxygen atoms in total. The van der Waals surface area contributed by atoms with E-state index in [1.165, 1.54) is 12.1 Å². The van der Waals surface area contributed by atoms with Crippen molar-refractivity contribution in [2.24, 2.45) is 0 Å². The summed E-state index contributed by atoms with van der Waals surface area (Å²) >= 11 is 0. The molecular formula is C34H33F2NO5. The van der Waals surface area contributed by atoms with Gasteiger partial charge in [-0.1, -0.05) is 24.0 Å². The van der Waals surface area contributed by atoms with Crippen molar-refractivity contribution in [3.8, 4) is 17.6 Å². The van der Waals surface area contributed by atoms with Crippen LogP contribution in [0.15, 0.2) is 54.6 Å². The summed E-state index contributed by atoms with van der Waals surface area (Å²) in [5, 5.41) is 18.7. The molecule has 42 heavy (non-hydrogen) atoms. The fourth-order valence-corrected chi connectivity index (χ4v) is 5.08. The molecular weight excluding hydrogens is 540 g/mol. The van der Waals surface area contributed by atoms with Crippen LogP contribution in [0.3, 0.4) is 0 Å². The van der Waals surface area contributed by atoms with Gasteiger partial charge >= 0.3 is 11.9 Å². The molecule has 0 spiro atoms. The third-order valence-electron chi connectivity index (χ3n) is 7.36. The highest BCUT2D eigenvalue weighted by atomic mass is 19.1. The molecule has 0 saturated heterocycles. The van der Waals surface area contributed by atoms with Crippen LogP contribution in [0.5, 0.6) is 5.75 Å². The number of unbranched alkanes of at least 4 members (excludes halogenated alkanes) is 1. The number of carbonyl (C=O) groups is 2. The standard InChI is InChI=1S/C34H33F2NO5/c1-22-25(7-5-8-29(22)35)6-3-4-21-42-27-14-10-24(11-15-27)9-12-26-13-17-30(36)33-28(16-18-31(38)39)23(2)37(34(26)33)20-19-32(40)41/h5,7-8,10-11,13-15,17H,3-4,6,16,18-21H2,1-2H3,(H,38,39)(H,40,41). The molecule has 2 N–H and O–H groups in total. The van der Waals surface area contributed by atoms with Crippen LogP contribution < -0.4 is 4.74 Å². The van der Waals surface area contributed by atoms with Gasteiger partial charge in [-0.05, 0) is 98.7 Å². The van der Waals surface area contributed by atoms with Crippen LogP contribution in [0, 0.1) is 37.3 Å². The van der Waals surface area contributed by atoms with Gasteiger partial charge in [0.25, 0.3) is 0 Å². The predicted molar refractivity (Wildman–Crippen MR) is 157 cm³/mol. The van der Waals surface area contributed by atoms with Gasteiger partial charge in [-0.2, -0.15) is 0 Å². The number of carboxylic acid groups (broad SMARTS) is 2. The van der Waals surface area contributed by atoms with E-state index in [0.29, 0.717) is 45.8 Å². The van der Waals surface area contributed by atoms with Crippen molar-refractivity contribution in [3.05, 3.63) is 99.7 Å². The number of aryl methyl sites for hydroxylation is 3. The maximum absolute atomic E-state index is 15.1. The van der Waals surface area contributed by atoms with Gasteiger partial charge in [-0.25, -0.2) is 8.78 Å². The van der Waals surface area contributed by atoms with E-state index in [-0.39, 0.29) is 37.0 Å². The average molecular weight is 574 g/mol. The largest absolute Gasteiger partial charge is 0.494 e. The summed E-state index contributed by atoms with van der Waals surface area (Å²) in [4.78, 5) is 22.5. The van der Waals surface area contributed by atoms with Crippen molar-refractivity contribution < 1.29 is 33.3 Å². The van der Waals surface area contributed by atoms with Gasteiger partial charge < -0.3 is 19.5 Å². The van der Waals surface area contributed by atoms with Crippen molar-refractivity contribution in [1.82, 2.24) is 4.57 Å². The molecule has 0 fully saturated rings. The number of rotatable bonds is 12. The highest BCUT2D eigenvalue weighted by molar-refractivity contribution is 5.91. The number of fused-ring (bicyclic) bond motifs is 1. The monoisotopic (exact) mass is 573 g/mol. The van der Waals surface area contributed by atoms with E-state index in [1.54, 1.807) is 30.5 Å². The van der Waals surface area contributed by atoms with Gasteiger partial charge in [-0.3, -0.25) is 9.59 Å². The molecule has 0 aliphatic heterocycles.